The quantitative estimate of drug-likeness (QED) is 0.756. The first-order valence-corrected chi connectivity index (χ1v) is 9.58. The number of nitrogens with zero attached hydrogens (tertiary/aromatic N) is 3. The zero-order valence-corrected chi connectivity index (χ0v) is 16.6. The van der Waals surface area contributed by atoms with Crippen molar-refractivity contribution in [3.8, 4) is 5.75 Å². The monoisotopic (exact) mass is 400 g/mol. The van der Waals surface area contributed by atoms with E-state index in [-0.39, 0.29) is 34.7 Å². The van der Waals surface area contributed by atoms with Crippen LogP contribution in [0.15, 0.2) is 29.2 Å². The van der Waals surface area contributed by atoms with Crippen molar-refractivity contribution < 1.29 is 17.9 Å². The van der Waals surface area contributed by atoms with Crippen LogP contribution in [0.25, 0.3) is 0 Å². The van der Waals surface area contributed by atoms with Gasteiger partial charge in [0.15, 0.2) is 6.61 Å². The number of aromatic nitrogens is 2. The summed E-state index contributed by atoms with van der Waals surface area (Å²) < 4.78 is 34.3. The molecule has 1 amide bonds. The number of rotatable bonds is 7. The predicted molar refractivity (Wildman–Crippen MR) is 97.6 cm³/mol. The summed E-state index contributed by atoms with van der Waals surface area (Å²) in [7, 11) is 1.21. The van der Waals surface area contributed by atoms with Gasteiger partial charge >= 0.3 is 0 Å². The second-order valence-electron chi connectivity index (χ2n) is 5.89. The summed E-state index contributed by atoms with van der Waals surface area (Å²) >= 11 is 6.09. The number of hydrogen-bond donors (Lipinski definition) is 1. The lowest BCUT2D eigenvalue weighted by atomic mass is 10.3. The number of amides is 1. The lowest BCUT2D eigenvalue weighted by Crippen LogP contribution is -2.27. The molecule has 0 aliphatic heterocycles. The standard InChI is InChI=1S/C16H21ClN4O4S/c1-11-7-12(21(4)19-11)9-18-26(23,24)13-5-6-15(14(17)8-13)25-10-16(22)20(2)3/h5-8,18H,9-10H2,1-4H3. The molecule has 2 rings (SSSR count). The average molecular weight is 401 g/mol. The van der Waals surface area contributed by atoms with Crippen LogP contribution in [0.3, 0.4) is 0 Å². The van der Waals surface area contributed by atoms with Crippen LogP contribution in [0.4, 0.5) is 0 Å². The molecule has 2 aromatic rings. The van der Waals surface area contributed by atoms with E-state index in [2.05, 4.69) is 9.82 Å². The number of carbonyl (C=O) groups excluding carboxylic acids is 1. The van der Waals surface area contributed by atoms with Crippen molar-refractivity contribution in [2.75, 3.05) is 20.7 Å². The third-order valence-electron chi connectivity index (χ3n) is 3.61. The van der Waals surface area contributed by atoms with Crippen molar-refractivity contribution in [3.05, 3.63) is 40.7 Å². The maximum Gasteiger partial charge on any atom is 0.259 e. The molecule has 0 spiro atoms. The number of sulfonamides is 1. The van der Waals surface area contributed by atoms with E-state index < -0.39 is 10.0 Å². The number of hydrogen-bond acceptors (Lipinski definition) is 5. The van der Waals surface area contributed by atoms with Crippen molar-refractivity contribution in [1.29, 1.82) is 0 Å². The molecule has 142 valence electrons. The van der Waals surface area contributed by atoms with E-state index in [1.54, 1.807) is 31.9 Å². The fourth-order valence-corrected chi connectivity index (χ4v) is 3.44. The van der Waals surface area contributed by atoms with E-state index >= 15 is 0 Å². The molecule has 0 atom stereocenters. The summed E-state index contributed by atoms with van der Waals surface area (Å²) in [4.78, 5) is 12.9. The van der Waals surface area contributed by atoms with E-state index in [0.29, 0.717) is 0 Å². The summed E-state index contributed by atoms with van der Waals surface area (Å²) in [5.74, 6) is 0.00831. The molecule has 0 unspecified atom stereocenters. The summed E-state index contributed by atoms with van der Waals surface area (Å²) in [6, 6.07) is 5.88. The van der Waals surface area contributed by atoms with Gasteiger partial charge in [0.1, 0.15) is 5.75 Å². The normalized spacial score (nSPS) is 11.4. The molecule has 0 saturated heterocycles. The fourth-order valence-electron chi connectivity index (χ4n) is 2.12. The topological polar surface area (TPSA) is 93.5 Å². The summed E-state index contributed by atoms with van der Waals surface area (Å²) in [6.07, 6.45) is 0. The van der Waals surface area contributed by atoms with Gasteiger partial charge in [0.05, 0.1) is 27.9 Å². The highest BCUT2D eigenvalue weighted by Gasteiger charge is 2.17. The highest BCUT2D eigenvalue weighted by atomic mass is 35.5. The molecule has 0 aliphatic rings. The molecule has 10 heteroatoms. The van der Waals surface area contributed by atoms with Gasteiger partial charge in [-0.25, -0.2) is 13.1 Å². The van der Waals surface area contributed by atoms with Gasteiger partial charge in [0.2, 0.25) is 10.0 Å². The number of aryl methyl sites for hydroxylation is 2. The Hall–Kier alpha value is -2.10. The summed E-state index contributed by atoms with van der Waals surface area (Å²) in [5.41, 5.74) is 1.54. The second kappa shape index (κ2) is 8.07. The molecule has 1 aromatic heterocycles. The minimum atomic E-state index is -3.76. The van der Waals surface area contributed by atoms with E-state index in [0.717, 1.165) is 11.4 Å². The van der Waals surface area contributed by atoms with Crippen LogP contribution < -0.4 is 9.46 Å². The molecular formula is C16H21ClN4O4S. The number of ether oxygens (including phenoxy) is 1. The van der Waals surface area contributed by atoms with Gasteiger partial charge in [-0.2, -0.15) is 5.10 Å². The molecule has 0 bridgehead atoms. The first-order chi connectivity index (χ1) is 12.1. The van der Waals surface area contributed by atoms with Gasteiger partial charge in [-0.15, -0.1) is 0 Å². The van der Waals surface area contributed by atoms with E-state index in [1.807, 2.05) is 6.92 Å². The zero-order valence-electron chi connectivity index (χ0n) is 15.0. The van der Waals surface area contributed by atoms with Gasteiger partial charge in [-0.1, -0.05) is 11.6 Å². The highest BCUT2D eigenvalue weighted by Crippen LogP contribution is 2.27. The van der Waals surface area contributed by atoms with Crippen LogP contribution in [0.1, 0.15) is 11.4 Å². The van der Waals surface area contributed by atoms with Crippen LogP contribution >= 0.6 is 11.6 Å². The molecular weight excluding hydrogens is 380 g/mol. The Morgan fingerprint density at radius 1 is 1.35 bits per heavy atom. The van der Waals surface area contributed by atoms with Crippen LogP contribution in [0, 0.1) is 6.92 Å². The third kappa shape index (κ3) is 4.96. The molecule has 0 aliphatic carbocycles. The van der Waals surface area contributed by atoms with Crippen LogP contribution in [0.5, 0.6) is 5.75 Å². The molecule has 1 N–H and O–H groups in total. The van der Waals surface area contributed by atoms with E-state index in [9.17, 15) is 13.2 Å². The summed E-state index contributed by atoms with van der Waals surface area (Å²) in [5, 5.41) is 4.28. The molecule has 1 heterocycles. The Labute approximate surface area is 157 Å². The van der Waals surface area contributed by atoms with E-state index in [1.165, 1.54) is 23.1 Å². The number of nitrogens with one attached hydrogen (secondary N) is 1. The minimum Gasteiger partial charge on any atom is -0.482 e. The Morgan fingerprint density at radius 3 is 2.58 bits per heavy atom. The van der Waals surface area contributed by atoms with Crippen molar-refractivity contribution in [2.24, 2.45) is 7.05 Å². The van der Waals surface area contributed by atoms with Crippen molar-refractivity contribution in [1.82, 2.24) is 19.4 Å². The van der Waals surface area contributed by atoms with Crippen LogP contribution in [-0.2, 0) is 28.4 Å². The van der Waals surface area contributed by atoms with Crippen LogP contribution in [-0.4, -0.2) is 49.7 Å². The molecule has 8 nitrogen and oxygen atoms in total. The fraction of sp³-hybridized carbons (Fsp3) is 0.375. The first-order valence-electron chi connectivity index (χ1n) is 7.72. The smallest absolute Gasteiger partial charge is 0.259 e. The number of halogens is 1. The maximum absolute atomic E-state index is 12.4. The maximum atomic E-state index is 12.4. The van der Waals surface area contributed by atoms with Crippen molar-refractivity contribution >= 4 is 27.5 Å². The minimum absolute atomic E-state index is 0.00711. The Bertz CT molecular complexity index is 909. The number of carbonyl (C=O) groups is 1. The van der Waals surface area contributed by atoms with Crippen LogP contribution in [0.2, 0.25) is 5.02 Å². The van der Waals surface area contributed by atoms with Gasteiger partial charge in [0.25, 0.3) is 5.91 Å². The number of benzene rings is 1. The average Bonchev–Trinajstić information content (AvgIpc) is 2.89. The van der Waals surface area contributed by atoms with Gasteiger partial charge in [-0.05, 0) is 31.2 Å². The molecule has 0 fully saturated rings. The van der Waals surface area contributed by atoms with Gasteiger partial charge < -0.3 is 9.64 Å². The largest absolute Gasteiger partial charge is 0.482 e. The molecule has 0 saturated carbocycles. The van der Waals surface area contributed by atoms with E-state index in [4.69, 9.17) is 16.3 Å². The first kappa shape index (κ1) is 20.2. The highest BCUT2D eigenvalue weighted by molar-refractivity contribution is 7.89. The predicted octanol–water partition coefficient (Wildman–Crippen LogP) is 1.33. The molecule has 0 radical (unpaired) electrons. The molecule has 26 heavy (non-hydrogen) atoms. The number of likely N-dealkylation sites (N-methyl/N-ethyl adjacent to an activating group) is 1. The van der Waals surface area contributed by atoms with Gasteiger partial charge in [-0.3, -0.25) is 9.48 Å². The third-order valence-corrected chi connectivity index (χ3v) is 5.30. The second-order valence-corrected chi connectivity index (χ2v) is 8.07. The van der Waals surface area contributed by atoms with Crippen molar-refractivity contribution in [2.45, 2.75) is 18.4 Å². The Balaban J connectivity index is 2.08. The Morgan fingerprint density at radius 2 is 2.04 bits per heavy atom. The molecule has 1 aromatic carbocycles. The van der Waals surface area contributed by atoms with Gasteiger partial charge in [0, 0.05) is 21.1 Å². The SMILES string of the molecule is Cc1cc(CNS(=O)(=O)c2ccc(OCC(=O)N(C)C)c(Cl)c2)n(C)n1. The Kier molecular flexibility index (Phi) is 6.27. The lowest BCUT2D eigenvalue weighted by Gasteiger charge is -2.13. The summed E-state index contributed by atoms with van der Waals surface area (Å²) in [6.45, 7) is 1.75. The lowest BCUT2D eigenvalue weighted by molar-refractivity contribution is -0.130. The van der Waals surface area contributed by atoms with Crippen molar-refractivity contribution in [3.63, 3.8) is 0 Å². The zero-order chi connectivity index (χ0) is 19.5.